The highest BCUT2D eigenvalue weighted by Gasteiger charge is 2.36. The Hall–Kier alpha value is -3.35. The number of likely N-dealkylation sites (N-methyl/N-ethyl adjacent to an activating group) is 1. The van der Waals surface area contributed by atoms with Crippen LogP contribution < -0.4 is 5.32 Å². The third-order valence-corrected chi connectivity index (χ3v) is 7.14. The van der Waals surface area contributed by atoms with E-state index >= 15 is 0 Å². The molecule has 34 heavy (non-hydrogen) atoms. The van der Waals surface area contributed by atoms with Gasteiger partial charge >= 0.3 is 12.1 Å². The van der Waals surface area contributed by atoms with Crippen LogP contribution >= 0.6 is 0 Å². The van der Waals surface area contributed by atoms with Gasteiger partial charge in [-0.3, -0.25) is 9.59 Å². The Morgan fingerprint density at radius 3 is 2.21 bits per heavy atom. The molecule has 2 aliphatic rings. The molecule has 180 valence electrons. The highest BCUT2D eigenvalue weighted by atomic mass is 16.5. The first-order valence-electron chi connectivity index (χ1n) is 11.9. The number of aliphatic carboxylic acids is 1. The fraction of sp³-hybridized carbons (Fsp3) is 0.444. The van der Waals surface area contributed by atoms with Crippen molar-refractivity contribution < 1.29 is 24.2 Å². The zero-order chi connectivity index (χ0) is 24.3. The Morgan fingerprint density at radius 2 is 1.68 bits per heavy atom. The number of hydrogen-bond acceptors (Lipinski definition) is 4. The van der Waals surface area contributed by atoms with Crippen LogP contribution in [0.5, 0.6) is 0 Å². The van der Waals surface area contributed by atoms with Crippen molar-refractivity contribution in [1.82, 2.24) is 10.2 Å². The van der Waals surface area contributed by atoms with Crippen molar-refractivity contribution >= 4 is 18.0 Å². The molecule has 0 aromatic heterocycles. The highest BCUT2D eigenvalue weighted by molar-refractivity contribution is 5.86. The van der Waals surface area contributed by atoms with Gasteiger partial charge in [0.1, 0.15) is 12.6 Å². The number of rotatable bonds is 9. The molecule has 1 fully saturated rings. The first-order valence-corrected chi connectivity index (χ1v) is 11.9. The monoisotopic (exact) mass is 464 g/mol. The summed E-state index contributed by atoms with van der Waals surface area (Å²) in [4.78, 5) is 38.5. The Kier molecular flexibility index (Phi) is 6.91. The maximum absolute atomic E-state index is 13.1. The normalized spacial score (nSPS) is 16.5. The number of hydrogen-bond donors (Lipinski definition) is 2. The number of benzene rings is 2. The van der Waals surface area contributed by atoms with Crippen molar-refractivity contribution in [3.05, 3.63) is 59.7 Å². The van der Waals surface area contributed by atoms with Gasteiger partial charge in [0.2, 0.25) is 5.91 Å². The van der Waals surface area contributed by atoms with Crippen LogP contribution in [0.4, 0.5) is 4.79 Å². The minimum Gasteiger partial charge on any atom is -0.481 e. The molecule has 7 nitrogen and oxygen atoms in total. The fourth-order valence-electron chi connectivity index (χ4n) is 5.16. The van der Waals surface area contributed by atoms with Gasteiger partial charge in [-0.25, -0.2) is 4.79 Å². The molecule has 0 heterocycles. The standard InChI is InChI=1S/C27H32N2O5/c1-27(14-7-15-27)17-29(2)25(32)23(12-13-24(30)31)28-26(33)34-16-22-20-10-5-3-8-18(20)19-9-4-6-11-21(19)22/h3-6,8-11,22-23H,7,12-17H2,1-2H3,(H,28,33)(H,30,31). The number of carboxylic acids is 1. The maximum Gasteiger partial charge on any atom is 0.407 e. The zero-order valence-electron chi connectivity index (χ0n) is 19.8. The summed E-state index contributed by atoms with van der Waals surface area (Å²) in [5.41, 5.74) is 4.55. The van der Waals surface area contributed by atoms with Gasteiger partial charge in [0.25, 0.3) is 0 Å². The number of ether oxygens (including phenoxy) is 1. The number of carboxylic acid groups (broad SMARTS) is 1. The van der Waals surface area contributed by atoms with Gasteiger partial charge in [0.05, 0.1) is 0 Å². The summed E-state index contributed by atoms with van der Waals surface area (Å²) in [6.45, 7) is 2.86. The van der Waals surface area contributed by atoms with Crippen molar-refractivity contribution in [3.63, 3.8) is 0 Å². The average Bonchev–Trinajstić information content (AvgIpc) is 3.12. The first-order chi connectivity index (χ1) is 16.3. The molecule has 1 unspecified atom stereocenters. The Balaban J connectivity index is 1.41. The van der Waals surface area contributed by atoms with Crippen molar-refractivity contribution in [1.29, 1.82) is 0 Å². The summed E-state index contributed by atoms with van der Waals surface area (Å²) >= 11 is 0. The molecular weight excluding hydrogens is 432 g/mol. The van der Waals surface area contributed by atoms with Gasteiger partial charge in [-0.1, -0.05) is 61.9 Å². The van der Waals surface area contributed by atoms with Crippen LogP contribution in [-0.2, 0) is 14.3 Å². The Bertz CT molecular complexity index is 1030. The second kappa shape index (κ2) is 9.87. The van der Waals surface area contributed by atoms with Gasteiger partial charge in [-0.2, -0.15) is 0 Å². The lowest BCUT2D eigenvalue weighted by molar-refractivity contribution is -0.138. The number of alkyl carbamates (subject to hydrolysis) is 1. The van der Waals surface area contributed by atoms with E-state index in [0.29, 0.717) is 6.54 Å². The third-order valence-electron chi connectivity index (χ3n) is 7.14. The third kappa shape index (κ3) is 5.08. The molecule has 2 aromatic carbocycles. The minimum atomic E-state index is -1.01. The number of carbonyl (C=O) groups excluding carboxylic acids is 2. The summed E-state index contributed by atoms with van der Waals surface area (Å²) in [5, 5.41) is 11.7. The van der Waals surface area contributed by atoms with Crippen LogP contribution in [-0.4, -0.2) is 54.2 Å². The van der Waals surface area contributed by atoms with Crippen LogP contribution in [0.2, 0.25) is 0 Å². The number of nitrogens with one attached hydrogen (secondary N) is 1. The lowest BCUT2D eigenvalue weighted by atomic mass is 9.70. The van der Waals surface area contributed by atoms with Gasteiger partial charge in [0, 0.05) is 25.9 Å². The molecule has 2 aromatic rings. The molecule has 0 bridgehead atoms. The SMILES string of the molecule is CN(CC1(C)CCC1)C(=O)C(CCC(=O)O)NC(=O)OCC1c2ccccc2-c2ccccc21. The number of amides is 2. The minimum absolute atomic E-state index is 0.0133. The van der Waals surface area contributed by atoms with E-state index in [1.54, 1.807) is 11.9 Å². The first kappa shape index (κ1) is 23.8. The molecule has 2 amide bonds. The van der Waals surface area contributed by atoms with E-state index < -0.39 is 18.1 Å². The second-order valence-corrected chi connectivity index (χ2v) is 9.81. The van der Waals surface area contributed by atoms with Crippen molar-refractivity contribution in [3.8, 4) is 11.1 Å². The molecule has 7 heteroatoms. The van der Waals surface area contributed by atoms with Crippen LogP contribution in [0.15, 0.2) is 48.5 Å². The van der Waals surface area contributed by atoms with Crippen molar-refractivity contribution in [2.75, 3.05) is 20.2 Å². The number of fused-ring (bicyclic) bond motifs is 3. The van der Waals surface area contributed by atoms with E-state index in [0.717, 1.165) is 41.5 Å². The lowest BCUT2D eigenvalue weighted by Gasteiger charge is -2.41. The average molecular weight is 465 g/mol. The molecule has 0 radical (unpaired) electrons. The molecule has 0 aliphatic heterocycles. The largest absolute Gasteiger partial charge is 0.481 e. The predicted octanol–water partition coefficient (Wildman–Crippen LogP) is 4.41. The fourth-order valence-corrected chi connectivity index (χ4v) is 5.16. The van der Waals surface area contributed by atoms with Gasteiger partial charge in [-0.05, 0) is 46.9 Å². The van der Waals surface area contributed by atoms with Crippen LogP contribution in [0.1, 0.15) is 56.1 Å². The molecular formula is C27H32N2O5. The quantitative estimate of drug-likeness (QED) is 0.573. The van der Waals surface area contributed by atoms with Crippen LogP contribution in [0, 0.1) is 5.41 Å². The highest BCUT2D eigenvalue weighted by Crippen LogP contribution is 2.44. The van der Waals surface area contributed by atoms with Crippen molar-refractivity contribution in [2.24, 2.45) is 5.41 Å². The van der Waals surface area contributed by atoms with E-state index in [9.17, 15) is 14.4 Å². The summed E-state index contributed by atoms with van der Waals surface area (Å²) in [6, 6.07) is 15.2. The Morgan fingerprint density at radius 1 is 1.09 bits per heavy atom. The van der Waals surface area contributed by atoms with Gasteiger partial charge in [-0.15, -0.1) is 0 Å². The molecule has 1 atom stereocenters. The molecule has 1 saturated carbocycles. The van der Waals surface area contributed by atoms with E-state index in [1.165, 1.54) is 0 Å². The molecule has 0 saturated heterocycles. The van der Waals surface area contributed by atoms with Crippen LogP contribution in [0.25, 0.3) is 11.1 Å². The topological polar surface area (TPSA) is 95.9 Å². The number of carbonyl (C=O) groups is 3. The lowest BCUT2D eigenvalue weighted by Crippen LogP contribution is -2.51. The zero-order valence-corrected chi connectivity index (χ0v) is 19.8. The summed E-state index contributed by atoms with van der Waals surface area (Å²) < 4.78 is 5.57. The molecule has 4 rings (SSSR count). The Labute approximate surface area is 200 Å². The maximum atomic E-state index is 13.1. The van der Waals surface area contributed by atoms with E-state index in [1.807, 2.05) is 36.4 Å². The van der Waals surface area contributed by atoms with E-state index in [4.69, 9.17) is 9.84 Å². The smallest absolute Gasteiger partial charge is 0.407 e. The van der Waals surface area contributed by atoms with Gasteiger partial charge in [0.15, 0.2) is 0 Å². The predicted molar refractivity (Wildman–Crippen MR) is 128 cm³/mol. The summed E-state index contributed by atoms with van der Waals surface area (Å²) in [5.74, 6) is -1.39. The van der Waals surface area contributed by atoms with E-state index in [-0.39, 0.29) is 36.7 Å². The molecule has 2 N–H and O–H groups in total. The number of nitrogens with zero attached hydrogens (tertiary/aromatic N) is 1. The van der Waals surface area contributed by atoms with Gasteiger partial charge < -0.3 is 20.1 Å². The molecule has 2 aliphatic carbocycles. The summed E-state index contributed by atoms with van der Waals surface area (Å²) in [7, 11) is 1.71. The summed E-state index contributed by atoms with van der Waals surface area (Å²) in [6.07, 6.45) is 2.35. The van der Waals surface area contributed by atoms with E-state index in [2.05, 4.69) is 24.4 Å². The van der Waals surface area contributed by atoms with Crippen molar-refractivity contribution in [2.45, 2.75) is 51.0 Å². The second-order valence-electron chi connectivity index (χ2n) is 9.81. The van der Waals surface area contributed by atoms with Crippen LogP contribution in [0.3, 0.4) is 0 Å². The molecule has 0 spiro atoms.